The molecule has 0 aromatic carbocycles. The Bertz CT molecular complexity index is 161. The van der Waals surface area contributed by atoms with Crippen LogP contribution in [-0.2, 0) is 4.74 Å². The van der Waals surface area contributed by atoms with Gasteiger partial charge >= 0.3 is 0 Å². The van der Waals surface area contributed by atoms with Crippen LogP contribution in [0.15, 0.2) is 0 Å². The molecule has 1 saturated heterocycles. The van der Waals surface area contributed by atoms with Crippen molar-refractivity contribution >= 4 is 0 Å². The van der Waals surface area contributed by atoms with Gasteiger partial charge in [0.1, 0.15) is 0 Å². The molecule has 0 N–H and O–H groups in total. The summed E-state index contributed by atoms with van der Waals surface area (Å²) in [5, 5.41) is 0. The lowest BCUT2D eigenvalue weighted by Crippen LogP contribution is -2.22. The number of likely N-dealkylation sites (tertiary alicyclic amines) is 1. The Morgan fingerprint density at radius 1 is 1.64 bits per heavy atom. The van der Waals surface area contributed by atoms with E-state index in [2.05, 4.69) is 17.7 Å². The highest BCUT2D eigenvalue weighted by Crippen LogP contribution is 2.17. The first-order valence-electron chi connectivity index (χ1n) is 4.03. The molecule has 0 radical (unpaired) electrons. The first-order valence-corrected chi connectivity index (χ1v) is 4.03. The van der Waals surface area contributed by atoms with E-state index in [1.54, 1.807) is 7.11 Å². The van der Waals surface area contributed by atoms with Crippen LogP contribution in [-0.4, -0.2) is 37.7 Å². The standard InChI is InChI=1S/C9H15NO/c1-4-8-6-10(5-2)7-9(8)11-3/h1,8-9H,5-7H2,2-3H3/t8-,9-/m1/s1. The monoisotopic (exact) mass is 153 g/mol. The second-order valence-electron chi connectivity index (χ2n) is 2.90. The maximum absolute atomic E-state index is 5.36. The summed E-state index contributed by atoms with van der Waals surface area (Å²) in [4.78, 5) is 2.32. The van der Waals surface area contributed by atoms with E-state index in [9.17, 15) is 0 Å². The Kier molecular flexibility index (Phi) is 2.92. The zero-order valence-corrected chi connectivity index (χ0v) is 7.21. The number of terminal acetylenes is 1. The first kappa shape index (κ1) is 8.58. The predicted octanol–water partition coefficient (Wildman–Crippen LogP) is 0.586. The number of likely N-dealkylation sites (N-methyl/N-ethyl adjacent to an activating group) is 1. The van der Waals surface area contributed by atoms with Crippen LogP contribution in [0.2, 0.25) is 0 Å². The molecule has 0 aromatic rings. The Morgan fingerprint density at radius 3 is 2.73 bits per heavy atom. The predicted molar refractivity (Wildman–Crippen MR) is 45.2 cm³/mol. The number of hydrogen-bond acceptors (Lipinski definition) is 2. The van der Waals surface area contributed by atoms with Crippen molar-refractivity contribution in [2.45, 2.75) is 13.0 Å². The van der Waals surface area contributed by atoms with Gasteiger partial charge in [0, 0.05) is 20.2 Å². The van der Waals surface area contributed by atoms with Crippen molar-refractivity contribution in [3.05, 3.63) is 0 Å². The van der Waals surface area contributed by atoms with E-state index in [-0.39, 0.29) is 6.10 Å². The van der Waals surface area contributed by atoms with Gasteiger partial charge in [-0.15, -0.1) is 6.42 Å². The van der Waals surface area contributed by atoms with Crippen molar-refractivity contribution in [1.82, 2.24) is 4.90 Å². The molecule has 1 aliphatic heterocycles. The summed E-state index contributed by atoms with van der Waals surface area (Å²) in [5.74, 6) is 3.05. The van der Waals surface area contributed by atoms with Gasteiger partial charge in [-0.2, -0.15) is 0 Å². The quantitative estimate of drug-likeness (QED) is 0.538. The van der Waals surface area contributed by atoms with Crippen LogP contribution in [0.5, 0.6) is 0 Å². The van der Waals surface area contributed by atoms with Gasteiger partial charge in [-0.25, -0.2) is 0 Å². The molecule has 1 rings (SSSR count). The van der Waals surface area contributed by atoms with Crippen LogP contribution in [0.4, 0.5) is 0 Å². The topological polar surface area (TPSA) is 12.5 Å². The van der Waals surface area contributed by atoms with Crippen molar-refractivity contribution in [2.75, 3.05) is 26.7 Å². The molecule has 0 aliphatic carbocycles. The van der Waals surface area contributed by atoms with Gasteiger partial charge < -0.3 is 4.74 Å². The van der Waals surface area contributed by atoms with Crippen LogP contribution in [0, 0.1) is 18.3 Å². The van der Waals surface area contributed by atoms with Crippen molar-refractivity contribution in [3.63, 3.8) is 0 Å². The molecule has 0 aromatic heterocycles. The van der Waals surface area contributed by atoms with Crippen molar-refractivity contribution in [1.29, 1.82) is 0 Å². The summed E-state index contributed by atoms with van der Waals surface area (Å²) in [6.07, 6.45) is 5.61. The van der Waals surface area contributed by atoms with Gasteiger partial charge in [0.15, 0.2) is 0 Å². The smallest absolute Gasteiger partial charge is 0.0847 e. The van der Waals surface area contributed by atoms with E-state index < -0.39 is 0 Å². The molecule has 1 aliphatic rings. The molecule has 0 saturated carbocycles. The molecule has 2 atom stereocenters. The van der Waals surface area contributed by atoms with E-state index in [4.69, 9.17) is 11.2 Å². The second kappa shape index (κ2) is 3.75. The zero-order chi connectivity index (χ0) is 8.27. The fourth-order valence-electron chi connectivity index (χ4n) is 1.51. The van der Waals surface area contributed by atoms with Crippen molar-refractivity contribution < 1.29 is 4.74 Å². The number of ether oxygens (including phenoxy) is 1. The Labute approximate surface area is 68.5 Å². The molecule has 0 spiro atoms. The highest BCUT2D eigenvalue weighted by Gasteiger charge is 2.30. The molecule has 0 amide bonds. The minimum absolute atomic E-state index is 0.250. The molecule has 1 fully saturated rings. The van der Waals surface area contributed by atoms with Gasteiger partial charge in [0.05, 0.1) is 12.0 Å². The van der Waals surface area contributed by atoms with Gasteiger partial charge in [-0.1, -0.05) is 12.8 Å². The summed E-state index contributed by atoms with van der Waals surface area (Å²) >= 11 is 0. The minimum atomic E-state index is 0.250. The lowest BCUT2D eigenvalue weighted by Gasteiger charge is -2.11. The number of hydrogen-bond donors (Lipinski definition) is 0. The Balaban J connectivity index is 2.49. The maximum atomic E-state index is 5.36. The van der Waals surface area contributed by atoms with Crippen LogP contribution in [0.1, 0.15) is 6.92 Å². The highest BCUT2D eigenvalue weighted by molar-refractivity contribution is 5.03. The average molecular weight is 153 g/mol. The third-order valence-corrected chi connectivity index (χ3v) is 2.31. The summed E-state index contributed by atoms with van der Waals surface area (Å²) in [7, 11) is 1.73. The summed E-state index contributed by atoms with van der Waals surface area (Å²) in [6, 6.07) is 0. The lowest BCUT2D eigenvalue weighted by molar-refractivity contribution is 0.0933. The largest absolute Gasteiger partial charge is 0.379 e. The molecular weight excluding hydrogens is 138 g/mol. The molecule has 0 unspecified atom stereocenters. The van der Waals surface area contributed by atoms with Crippen molar-refractivity contribution in [3.8, 4) is 12.3 Å². The van der Waals surface area contributed by atoms with E-state index in [1.807, 2.05) is 0 Å². The zero-order valence-electron chi connectivity index (χ0n) is 7.21. The number of methoxy groups -OCH3 is 1. The normalized spacial score (nSPS) is 32.1. The van der Waals surface area contributed by atoms with Crippen LogP contribution in [0.25, 0.3) is 0 Å². The highest BCUT2D eigenvalue weighted by atomic mass is 16.5. The van der Waals surface area contributed by atoms with Gasteiger partial charge in [-0.05, 0) is 6.54 Å². The Morgan fingerprint density at radius 2 is 2.36 bits per heavy atom. The second-order valence-corrected chi connectivity index (χ2v) is 2.90. The number of nitrogens with zero attached hydrogens (tertiary/aromatic N) is 1. The van der Waals surface area contributed by atoms with E-state index in [0.29, 0.717) is 5.92 Å². The number of rotatable bonds is 2. The molecule has 11 heavy (non-hydrogen) atoms. The molecule has 62 valence electrons. The lowest BCUT2D eigenvalue weighted by atomic mass is 10.1. The summed E-state index contributed by atoms with van der Waals surface area (Å²) in [6.45, 7) is 5.19. The van der Waals surface area contributed by atoms with Crippen molar-refractivity contribution in [2.24, 2.45) is 5.92 Å². The fourth-order valence-corrected chi connectivity index (χ4v) is 1.51. The van der Waals surface area contributed by atoms with Crippen LogP contribution in [0.3, 0.4) is 0 Å². The average Bonchev–Trinajstić information content (AvgIpc) is 2.46. The SMILES string of the molecule is C#C[C@@H]1CN(CC)C[C@H]1OC. The maximum Gasteiger partial charge on any atom is 0.0847 e. The van der Waals surface area contributed by atoms with E-state index >= 15 is 0 Å². The van der Waals surface area contributed by atoms with E-state index in [0.717, 1.165) is 19.6 Å². The molecule has 2 nitrogen and oxygen atoms in total. The molecule has 0 bridgehead atoms. The fraction of sp³-hybridized carbons (Fsp3) is 0.778. The van der Waals surface area contributed by atoms with Crippen LogP contribution >= 0.6 is 0 Å². The summed E-state index contributed by atoms with van der Waals surface area (Å²) < 4.78 is 5.26. The summed E-state index contributed by atoms with van der Waals surface area (Å²) in [5.41, 5.74) is 0. The minimum Gasteiger partial charge on any atom is -0.379 e. The van der Waals surface area contributed by atoms with Crippen LogP contribution < -0.4 is 0 Å². The third kappa shape index (κ3) is 1.74. The molecule has 2 heteroatoms. The van der Waals surface area contributed by atoms with E-state index in [1.165, 1.54) is 0 Å². The van der Waals surface area contributed by atoms with Gasteiger partial charge in [0.25, 0.3) is 0 Å². The molecule has 1 heterocycles. The third-order valence-electron chi connectivity index (χ3n) is 2.31. The first-order chi connectivity index (χ1) is 5.31. The Hall–Kier alpha value is -0.520. The van der Waals surface area contributed by atoms with Gasteiger partial charge in [0.2, 0.25) is 0 Å². The van der Waals surface area contributed by atoms with Gasteiger partial charge in [-0.3, -0.25) is 4.90 Å². The molecular formula is C9H15NO.